The van der Waals surface area contributed by atoms with E-state index < -0.39 is 0 Å². The van der Waals surface area contributed by atoms with Crippen molar-refractivity contribution in [1.29, 1.82) is 0 Å². The Bertz CT molecular complexity index is 1150. The van der Waals surface area contributed by atoms with Crippen molar-refractivity contribution < 1.29 is 0 Å². The summed E-state index contributed by atoms with van der Waals surface area (Å²) in [7, 11) is 1.89. The number of H-pyrrole nitrogens is 2. The molecule has 0 amide bonds. The number of aromatic amines is 2. The lowest BCUT2D eigenvalue weighted by Crippen LogP contribution is -1.85. The summed E-state index contributed by atoms with van der Waals surface area (Å²) in [4.78, 5) is 12.4. The van der Waals surface area contributed by atoms with E-state index in [1.807, 2.05) is 43.6 Å². The highest BCUT2D eigenvalue weighted by molar-refractivity contribution is 5.94. The lowest BCUT2D eigenvalue weighted by molar-refractivity contribution is 0.768. The molecule has 24 heavy (non-hydrogen) atoms. The van der Waals surface area contributed by atoms with E-state index >= 15 is 0 Å². The summed E-state index contributed by atoms with van der Waals surface area (Å²) in [6.45, 7) is 0. The van der Waals surface area contributed by atoms with E-state index in [0.717, 1.165) is 44.7 Å². The van der Waals surface area contributed by atoms with Crippen LogP contribution in [0.3, 0.4) is 0 Å². The van der Waals surface area contributed by atoms with E-state index in [-0.39, 0.29) is 0 Å². The lowest BCUT2D eigenvalue weighted by atomic mass is 10.1. The van der Waals surface area contributed by atoms with Gasteiger partial charge >= 0.3 is 0 Å². The molecule has 5 aromatic rings. The van der Waals surface area contributed by atoms with Gasteiger partial charge in [0.15, 0.2) is 5.82 Å². The third-order valence-corrected chi connectivity index (χ3v) is 4.06. The van der Waals surface area contributed by atoms with Crippen LogP contribution in [0.2, 0.25) is 0 Å². The molecule has 0 aliphatic carbocycles. The molecule has 1 aromatic carbocycles. The van der Waals surface area contributed by atoms with E-state index in [2.05, 4.69) is 30.2 Å². The number of imidazole rings is 1. The fourth-order valence-corrected chi connectivity index (χ4v) is 2.87. The second kappa shape index (κ2) is 4.76. The van der Waals surface area contributed by atoms with Crippen LogP contribution in [0.4, 0.5) is 0 Å². The number of nitrogens with one attached hydrogen (secondary N) is 2. The van der Waals surface area contributed by atoms with Crippen LogP contribution in [0, 0.1) is 0 Å². The first-order valence-electron chi connectivity index (χ1n) is 7.56. The van der Waals surface area contributed by atoms with Gasteiger partial charge in [-0.05, 0) is 18.2 Å². The zero-order valence-electron chi connectivity index (χ0n) is 12.9. The first-order chi connectivity index (χ1) is 11.8. The van der Waals surface area contributed by atoms with Crippen molar-refractivity contribution in [2.45, 2.75) is 0 Å². The number of fused-ring (bicyclic) bond motifs is 2. The van der Waals surface area contributed by atoms with Crippen molar-refractivity contribution in [2.75, 3.05) is 0 Å². The summed E-state index contributed by atoms with van der Waals surface area (Å²) in [5.41, 5.74) is 5.40. The second-order valence-corrected chi connectivity index (χ2v) is 5.69. The van der Waals surface area contributed by atoms with Gasteiger partial charge in [-0.25, -0.2) is 4.98 Å². The van der Waals surface area contributed by atoms with E-state index in [4.69, 9.17) is 0 Å². The van der Waals surface area contributed by atoms with Gasteiger partial charge in [-0.3, -0.25) is 14.8 Å². The molecule has 0 aliphatic rings. The molecule has 0 saturated carbocycles. The van der Waals surface area contributed by atoms with Gasteiger partial charge < -0.3 is 4.98 Å². The zero-order chi connectivity index (χ0) is 16.1. The minimum atomic E-state index is 0.741. The van der Waals surface area contributed by atoms with Crippen molar-refractivity contribution in [1.82, 2.24) is 34.9 Å². The summed E-state index contributed by atoms with van der Waals surface area (Å²) in [6, 6.07) is 9.95. The molecule has 5 rings (SSSR count). The van der Waals surface area contributed by atoms with Crippen LogP contribution < -0.4 is 0 Å². The average Bonchev–Trinajstić information content (AvgIpc) is 3.30. The Morgan fingerprint density at radius 2 is 2.00 bits per heavy atom. The molecule has 0 saturated heterocycles. The number of aryl methyl sites for hydroxylation is 1. The maximum atomic E-state index is 4.64. The summed E-state index contributed by atoms with van der Waals surface area (Å²) in [6.07, 6.45) is 5.53. The van der Waals surface area contributed by atoms with Gasteiger partial charge in [0.2, 0.25) is 0 Å². The Kier molecular flexibility index (Phi) is 2.58. The van der Waals surface area contributed by atoms with Crippen molar-refractivity contribution in [3.05, 3.63) is 48.9 Å². The Labute approximate surface area is 136 Å². The van der Waals surface area contributed by atoms with Crippen LogP contribution >= 0.6 is 0 Å². The second-order valence-electron chi connectivity index (χ2n) is 5.69. The monoisotopic (exact) mass is 315 g/mol. The van der Waals surface area contributed by atoms with Gasteiger partial charge in [0.1, 0.15) is 5.69 Å². The third-order valence-electron chi connectivity index (χ3n) is 4.06. The molecule has 0 aliphatic heterocycles. The van der Waals surface area contributed by atoms with Gasteiger partial charge in [-0.15, -0.1) is 0 Å². The summed E-state index contributed by atoms with van der Waals surface area (Å²) < 4.78 is 1.76. The molecule has 0 radical (unpaired) electrons. The van der Waals surface area contributed by atoms with Crippen molar-refractivity contribution in [3.8, 4) is 22.8 Å². The molecule has 4 heterocycles. The molecule has 4 aromatic heterocycles. The van der Waals surface area contributed by atoms with Gasteiger partial charge in [0.05, 0.1) is 34.6 Å². The smallest absolute Gasteiger partial charge is 0.159 e. The molecule has 2 N–H and O–H groups in total. The standard InChI is InChI=1S/C17H13N7/c1-24-9-10(7-19-24)14-6-11-15(8-18-14)22-23-16(11)17-20-12-4-2-3-5-13(12)21-17/h2-9H,1H3,(H,20,21)(H,22,23). The Morgan fingerprint density at radius 3 is 2.83 bits per heavy atom. The molecule has 0 unspecified atom stereocenters. The number of hydrogen-bond acceptors (Lipinski definition) is 4. The minimum absolute atomic E-state index is 0.741. The van der Waals surface area contributed by atoms with Crippen LogP contribution in [-0.2, 0) is 7.05 Å². The van der Waals surface area contributed by atoms with Crippen molar-refractivity contribution in [2.24, 2.45) is 7.05 Å². The Balaban J connectivity index is 1.70. The average molecular weight is 315 g/mol. The molecule has 7 nitrogen and oxygen atoms in total. The van der Waals surface area contributed by atoms with Gasteiger partial charge in [-0.1, -0.05) is 12.1 Å². The Morgan fingerprint density at radius 1 is 1.08 bits per heavy atom. The lowest BCUT2D eigenvalue weighted by Gasteiger charge is -1.97. The molecule has 0 spiro atoms. The van der Waals surface area contributed by atoms with Gasteiger partial charge in [0.25, 0.3) is 0 Å². The summed E-state index contributed by atoms with van der Waals surface area (Å²) in [5, 5.41) is 12.6. The number of nitrogens with zero attached hydrogens (tertiary/aromatic N) is 5. The zero-order valence-corrected chi connectivity index (χ0v) is 12.9. The van der Waals surface area contributed by atoms with Crippen LogP contribution in [0.1, 0.15) is 0 Å². The molecule has 0 bridgehead atoms. The fourth-order valence-electron chi connectivity index (χ4n) is 2.87. The highest BCUT2D eigenvalue weighted by Gasteiger charge is 2.14. The molecule has 0 fully saturated rings. The number of benzene rings is 1. The quantitative estimate of drug-likeness (QED) is 0.524. The first kappa shape index (κ1) is 13.0. The van der Waals surface area contributed by atoms with Gasteiger partial charge in [-0.2, -0.15) is 10.2 Å². The fraction of sp³-hybridized carbons (Fsp3) is 0.0588. The summed E-state index contributed by atoms with van der Waals surface area (Å²) in [5.74, 6) is 0.741. The highest BCUT2D eigenvalue weighted by atomic mass is 15.2. The topological polar surface area (TPSA) is 88.1 Å². The normalized spacial score (nSPS) is 11.5. The number of pyridine rings is 1. The SMILES string of the molecule is Cn1cc(-c2cc3c(-c4nc5ccccc5[nH]4)n[nH]c3cn2)cn1. The third kappa shape index (κ3) is 1.91. The minimum Gasteiger partial charge on any atom is -0.337 e. The number of aromatic nitrogens is 7. The van der Waals surface area contributed by atoms with Crippen molar-refractivity contribution in [3.63, 3.8) is 0 Å². The van der Waals surface area contributed by atoms with E-state index in [1.165, 1.54) is 0 Å². The van der Waals surface area contributed by atoms with Crippen molar-refractivity contribution >= 4 is 21.9 Å². The molecular formula is C17H13N7. The van der Waals surface area contributed by atoms with Gasteiger partial charge in [0, 0.05) is 24.2 Å². The van der Waals surface area contributed by atoms with Crippen LogP contribution in [-0.4, -0.2) is 34.9 Å². The van der Waals surface area contributed by atoms with Crippen LogP contribution in [0.25, 0.3) is 44.7 Å². The maximum Gasteiger partial charge on any atom is 0.159 e. The number of rotatable bonds is 2. The molecular weight excluding hydrogens is 302 g/mol. The maximum absolute atomic E-state index is 4.64. The number of hydrogen-bond donors (Lipinski definition) is 2. The predicted octanol–water partition coefficient (Wildman–Crippen LogP) is 2.90. The molecule has 0 atom stereocenters. The molecule has 7 heteroatoms. The van der Waals surface area contributed by atoms with Crippen LogP contribution in [0.15, 0.2) is 48.9 Å². The number of para-hydroxylation sites is 2. The predicted molar refractivity (Wildman–Crippen MR) is 91.2 cm³/mol. The summed E-state index contributed by atoms with van der Waals surface area (Å²) >= 11 is 0. The highest BCUT2D eigenvalue weighted by Crippen LogP contribution is 2.28. The Hall–Kier alpha value is -3.48. The van der Waals surface area contributed by atoms with E-state index in [0.29, 0.717) is 0 Å². The largest absolute Gasteiger partial charge is 0.337 e. The van der Waals surface area contributed by atoms with Crippen LogP contribution in [0.5, 0.6) is 0 Å². The van der Waals surface area contributed by atoms with E-state index in [9.17, 15) is 0 Å². The first-order valence-corrected chi connectivity index (χ1v) is 7.56. The van der Waals surface area contributed by atoms with E-state index in [1.54, 1.807) is 17.1 Å². The molecule has 116 valence electrons.